The molecule has 0 aliphatic heterocycles. The van der Waals surface area contributed by atoms with Crippen molar-refractivity contribution in [3.05, 3.63) is 6.33 Å². The number of nitrogens with zero attached hydrogens (tertiary/aromatic N) is 4. The van der Waals surface area contributed by atoms with Crippen LogP contribution < -0.4 is 15.0 Å². The van der Waals surface area contributed by atoms with E-state index in [1.54, 1.807) is 7.11 Å². The number of nitrogens with one attached hydrogen (secondary N) is 1. The second-order valence-corrected chi connectivity index (χ2v) is 4.44. The van der Waals surface area contributed by atoms with Gasteiger partial charge in [0.1, 0.15) is 6.33 Å². The summed E-state index contributed by atoms with van der Waals surface area (Å²) in [6.45, 7) is 3.46. The van der Waals surface area contributed by atoms with Crippen molar-refractivity contribution < 1.29 is 4.74 Å². The van der Waals surface area contributed by atoms with Gasteiger partial charge in [0.05, 0.1) is 19.6 Å². The highest BCUT2D eigenvalue weighted by Gasteiger charge is 2.32. The molecule has 1 aliphatic rings. The van der Waals surface area contributed by atoms with Crippen LogP contribution in [-0.2, 0) is 0 Å². The Morgan fingerprint density at radius 3 is 2.89 bits per heavy atom. The molecule has 2 rings (SSSR count). The normalized spacial score (nSPS) is 13.7. The van der Waals surface area contributed by atoms with Crippen LogP contribution in [0.3, 0.4) is 0 Å². The van der Waals surface area contributed by atoms with Gasteiger partial charge < -0.3 is 15.0 Å². The number of rotatable bonds is 7. The van der Waals surface area contributed by atoms with Gasteiger partial charge >= 0.3 is 0 Å². The van der Waals surface area contributed by atoms with Crippen LogP contribution in [0.2, 0.25) is 0 Å². The van der Waals surface area contributed by atoms with E-state index in [1.807, 2.05) is 6.92 Å². The predicted molar refractivity (Wildman–Crippen MR) is 73.3 cm³/mol. The van der Waals surface area contributed by atoms with E-state index in [1.165, 1.54) is 6.33 Å². The zero-order chi connectivity index (χ0) is 13.7. The molecule has 0 radical (unpaired) electrons. The zero-order valence-electron chi connectivity index (χ0n) is 11.4. The molecular weight excluding hydrogens is 242 g/mol. The van der Waals surface area contributed by atoms with Crippen molar-refractivity contribution in [2.24, 2.45) is 0 Å². The van der Waals surface area contributed by atoms with Gasteiger partial charge in [0.25, 0.3) is 0 Å². The quantitative estimate of drug-likeness (QED) is 0.806. The van der Waals surface area contributed by atoms with Gasteiger partial charge in [-0.05, 0) is 19.8 Å². The van der Waals surface area contributed by atoms with Crippen molar-refractivity contribution in [2.45, 2.75) is 32.2 Å². The Balaban J connectivity index is 2.30. The molecule has 1 aromatic rings. The van der Waals surface area contributed by atoms with Gasteiger partial charge in [-0.15, -0.1) is 0 Å². The summed E-state index contributed by atoms with van der Waals surface area (Å²) < 4.78 is 5.46. The standard InChI is InChI=1S/C13H19N5O/c1-3-15-12-11(19-2)13(17-9-16-12)18(8-4-7-14)10-5-6-10/h9-10H,3-6,8H2,1-2H3,(H,15,16,17). The third-order valence-corrected chi connectivity index (χ3v) is 3.06. The molecular formula is C13H19N5O. The molecule has 0 amide bonds. The first-order valence-electron chi connectivity index (χ1n) is 6.58. The monoisotopic (exact) mass is 261 g/mol. The first-order valence-corrected chi connectivity index (χ1v) is 6.58. The van der Waals surface area contributed by atoms with Crippen LogP contribution in [0.5, 0.6) is 5.75 Å². The summed E-state index contributed by atoms with van der Waals surface area (Å²) >= 11 is 0. The van der Waals surface area contributed by atoms with Crippen LogP contribution in [0, 0.1) is 11.3 Å². The Hall–Kier alpha value is -2.03. The lowest BCUT2D eigenvalue weighted by molar-refractivity contribution is 0.412. The summed E-state index contributed by atoms with van der Waals surface area (Å²) in [6.07, 6.45) is 4.32. The summed E-state index contributed by atoms with van der Waals surface area (Å²) in [5.41, 5.74) is 0. The van der Waals surface area contributed by atoms with Gasteiger partial charge in [0.15, 0.2) is 11.6 Å². The first-order chi connectivity index (χ1) is 9.31. The fraction of sp³-hybridized carbons (Fsp3) is 0.615. The van der Waals surface area contributed by atoms with E-state index in [0.717, 1.165) is 25.2 Å². The number of hydrogen-bond donors (Lipinski definition) is 1. The van der Waals surface area contributed by atoms with Crippen molar-refractivity contribution >= 4 is 11.6 Å². The van der Waals surface area contributed by atoms with Gasteiger partial charge in [-0.25, -0.2) is 9.97 Å². The highest BCUT2D eigenvalue weighted by atomic mass is 16.5. The molecule has 0 spiro atoms. The van der Waals surface area contributed by atoms with Crippen molar-refractivity contribution in [3.8, 4) is 11.8 Å². The van der Waals surface area contributed by atoms with Gasteiger partial charge in [0.2, 0.25) is 5.75 Å². The Morgan fingerprint density at radius 1 is 1.53 bits per heavy atom. The number of nitriles is 1. The average Bonchev–Trinajstić information content (AvgIpc) is 3.24. The molecule has 1 aliphatic carbocycles. The molecule has 19 heavy (non-hydrogen) atoms. The summed E-state index contributed by atoms with van der Waals surface area (Å²) in [7, 11) is 1.62. The smallest absolute Gasteiger partial charge is 0.204 e. The Labute approximate surface area is 113 Å². The van der Waals surface area contributed by atoms with Crippen molar-refractivity contribution in [1.82, 2.24) is 9.97 Å². The predicted octanol–water partition coefficient (Wildman–Crippen LogP) is 1.80. The molecule has 1 fully saturated rings. The molecule has 6 heteroatoms. The maximum atomic E-state index is 8.78. The minimum atomic E-state index is 0.478. The van der Waals surface area contributed by atoms with Gasteiger partial charge in [-0.1, -0.05) is 0 Å². The van der Waals surface area contributed by atoms with Crippen LogP contribution in [-0.4, -0.2) is 36.2 Å². The number of anilines is 2. The maximum Gasteiger partial charge on any atom is 0.204 e. The Bertz CT molecular complexity index is 467. The fourth-order valence-electron chi connectivity index (χ4n) is 2.07. The van der Waals surface area contributed by atoms with Crippen LogP contribution in [0.4, 0.5) is 11.6 Å². The molecule has 6 nitrogen and oxygen atoms in total. The van der Waals surface area contributed by atoms with E-state index < -0.39 is 0 Å². The summed E-state index contributed by atoms with van der Waals surface area (Å²) in [5, 5.41) is 11.9. The van der Waals surface area contributed by atoms with Crippen LogP contribution in [0.25, 0.3) is 0 Å². The number of aromatic nitrogens is 2. The molecule has 0 atom stereocenters. The molecule has 102 valence electrons. The summed E-state index contributed by atoms with van der Waals surface area (Å²) in [4.78, 5) is 10.7. The largest absolute Gasteiger partial charge is 0.490 e. The topological polar surface area (TPSA) is 74.1 Å². The van der Waals surface area contributed by atoms with Crippen molar-refractivity contribution in [3.63, 3.8) is 0 Å². The Morgan fingerprint density at radius 2 is 2.32 bits per heavy atom. The van der Waals surface area contributed by atoms with Crippen molar-refractivity contribution in [1.29, 1.82) is 5.26 Å². The fourth-order valence-corrected chi connectivity index (χ4v) is 2.07. The molecule has 0 unspecified atom stereocenters. The molecule has 0 aromatic carbocycles. The van der Waals surface area contributed by atoms with Gasteiger partial charge in [-0.2, -0.15) is 5.26 Å². The molecule has 0 bridgehead atoms. The maximum absolute atomic E-state index is 8.78. The number of ether oxygens (including phenoxy) is 1. The van der Waals surface area contributed by atoms with E-state index in [9.17, 15) is 0 Å². The van der Waals surface area contributed by atoms with Crippen molar-refractivity contribution in [2.75, 3.05) is 30.4 Å². The summed E-state index contributed by atoms with van der Waals surface area (Å²) in [5.74, 6) is 2.15. The van der Waals surface area contributed by atoms with Crippen LogP contribution >= 0.6 is 0 Å². The molecule has 1 aromatic heterocycles. The number of methoxy groups -OCH3 is 1. The van der Waals surface area contributed by atoms with Gasteiger partial charge in [-0.3, -0.25) is 0 Å². The van der Waals surface area contributed by atoms with E-state index in [4.69, 9.17) is 10.00 Å². The molecule has 1 saturated carbocycles. The average molecular weight is 261 g/mol. The highest BCUT2D eigenvalue weighted by molar-refractivity contribution is 5.65. The van der Waals surface area contributed by atoms with E-state index in [0.29, 0.717) is 30.6 Å². The Kier molecular flexibility index (Phi) is 4.39. The lowest BCUT2D eigenvalue weighted by Crippen LogP contribution is -2.28. The van der Waals surface area contributed by atoms with Crippen LogP contribution in [0.1, 0.15) is 26.2 Å². The molecule has 1 N–H and O–H groups in total. The highest BCUT2D eigenvalue weighted by Crippen LogP contribution is 2.38. The second kappa shape index (κ2) is 6.23. The lowest BCUT2D eigenvalue weighted by atomic mass is 10.3. The third-order valence-electron chi connectivity index (χ3n) is 3.06. The van der Waals surface area contributed by atoms with E-state index >= 15 is 0 Å². The lowest BCUT2D eigenvalue weighted by Gasteiger charge is -2.24. The van der Waals surface area contributed by atoms with E-state index in [2.05, 4.69) is 26.3 Å². The first kappa shape index (κ1) is 13.4. The molecule has 0 saturated heterocycles. The van der Waals surface area contributed by atoms with Crippen LogP contribution in [0.15, 0.2) is 6.33 Å². The molecule has 1 heterocycles. The SMILES string of the molecule is CCNc1ncnc(N(CCC#N)C2CC2)c1OC. The number of hydrogen-bond acceptors (Lipinski definition) is 6. The second-order valence-electron chi connectivity index (χ2n) is 4.44. The summed E-state index contributed by atoms with van der Waals surface area (Å²) in [6, 6.07) is 2.66. The minimum absolute atomic E-state index is 0.478. The minimum Gasteiger partial charge on any atom is -0.490 e. The third kappa shape index (κ3) is 3.05. The van der Waals surface area contributed by atoms with E-state index in [-0.39, 0.29) is 0 Å². The van der Waals surface area contributed by atoms with Gasteiger partial charge in [0, 0.05) is 19.1 Å². The zero-order valence-corrected chi connectivity index (χ0v) is 11.4.